The Kier molecular flexibility index (Phi) is 11.6. The molecule has 1 aromatic carbocycles. The van der Waals surface area contributed by atoms with E-state index in [1.165, 1.54) is 32.2 Å². The first-order chi connectivity index (χ1) is 20.6. The smallest absolute Gasteiger partial charge is 0.389 e. The largest absolute Gasteiger partial charge is 0.467 e. The molecule has 45 heavy (non-hydrogen) atoms. The third-order valence-corrected chi connectivity index (χ3v) is 6.76. The summed E-state index contributed by atoms with van der Waals surface area (Å²) in [6, 6.07) is 3.24. The number of nitrogens with zero attached hydrogens (tertiary/aromatic N) is 6. The number of amides is 3. The van der Waals surface area contributed by atoms with Crippen LogP contribution in [0.1, 0.15) is 64.2 Å². The quantitative estimate of drug-likeness (QED) is 0.270. The fourth-order valence-corrected chi connectivity index (χ4v) is 4.63. The number of nitrogen functional groups attached to an aromatic ring is 1. The van der Waals surface area contributed by atoms with Crippen LogP contribution in [-0.4, -0.2) is 68.7 Å². The van der Waals surface area contributed by atoms with Crippen LogP contribution in [0, 0.1) is 6.92 Å². The normalized spacial score (nSPS) is 11.8. The van der Waals surface area contributed by atoms with Gasteiger partial charge in [-0.15, -0.1) is 9.78 Å². The van der Waals surface area contributed by atoms with Gasteiger partial charge in [-0.1, -0.05) is 32.0 Å². The van der Waals surface area contributed by atoms with Gasteiger partial charge in [0, 0.05) is 17.9 Å². The second-order valence-corrected chi connectivity index (χ2v) is 12.4. The number of urea groups is 1. The standard InChI is InChI=1S/C15H16F3N5O4S.C10H19N5O2/c1-9-19-12(22-14(20-9)27-2)21-13(24)23-28(25,26)11-6-4-3-5-10(11)7-8-15(16,17)18;1-6(2)7-13-15(9(17)14(7)11)8(16)12-10(3,4)5/h3-6H,7-8H2,1-2H3,(H2,19,20,21,22,23,24);6H,11H2,1-5H3,(H,12,16). The van der Waals surface area contributed by atoms with Crippen LogP contribution < -0.4 is 31.6 Å². The van der Waals surface area contributed by atoms with E-state index in [1.54, 1.807) is 4.72 Å². The van der Waals surface area contributed by atoms with Crippen molar-refractivity contribution in [2.75, 3.05) is 18.3 Å². The van der Waals surface area contributed by atoms with Crippen LogP contribution in [-0.2, 0) is 16.4 Å². The molecule has 2 heterocycles. The second-order valence-electron chi connectivity index (χ2n) is 10.7. The number of sulfonamides is 1. The number of methoxy groups -OCH3 is 1. The Morgan fingerprint density at radius 3 is 2.24 bits per heavy atom. The van der Waals surface area contributed by atoms with Crippen LogP contribution in [0.5, 0.6) is 6.01 Å². The average Bonchev–Trinajstić information content (AvgIpc) is 3.20. The lowest BCUT2D eigenvalue weighted by Gasteiger charge is -2.19. The number of nitrogens with two attached hydrogens (primary N) is 1. The summed E-state index contributed by atoms with van der Waals surface area (Å²) in [6.07, 6.45) is -6.20. The van der Waals surface area contributed by atoms with Crippen LogP contribution >= 0.6 is 0 Å². The summed E-state index contributed by atoms with van der Waals surface area (Å²) < 4.78 is 70.4. The maximum Gasteiger partial charge on any atom is 0.389 e. The summed E-state index contributed by atoms with van der Waals surface area (Å²) in [6.45, 7) is 10.6. The van der Waals surface area contributed by atoms with E-state index in [-0.39, 0.29) is 29.3 Å². The zero-order valence-corrected chi connectivity index (χ0v) is 26.4. The lowest BCUT2D eigenvalue weighted by atomic mass is 10.1. The number of alkyl halides is 3. The van der Waals surface area contributed by atoms with E-state index < -0.39 is 57.2 Å². The lowest BCUT2D eigenvalue weighted by Crippen LogP contribution is -2.47. The molecule has 20 heteroatoms. The summed E-state index contributed by atoms with van der Waals surface area (Å²) in [4.78, 5) is 46.4. The molecule has 3 rings (SSSR count). The number of aryl methyl sites for hydroxylation is 2. The topological polar surface area (TPSA) is 218 Å². The van der Waals surface area contributed by atoms with Gasteiger partial charge < -0.3 is 15.9 Å². The Hall–Kier alpha value is -4.75. The van der Waals surface area contributed by atoms with Crippen LogP contribution in [0.4, 0.5) is 28.7 Å². The zero-order chi connectivity index (χ0) is 34.3. The molecule has 0 saturated carbocycles. The molecule has 0 aliphatic heterocycles. The monoisotopic (exact) mass is 660 g/mol. The highest BCUT2D eigenvalue weighted by Crippen LogP contribution is 2.25. The molecule has 0 fully saturated rings. The molecule has 3 aromatic rings. The van der Waals surface area contributed by atoms with Crippen molar-refractivity contribution < 1.29 is 35.9 Å². The summed E-state index contributed by atoms with van der Waals surface area (Å²) in [5.74, 6) is 5.84. The van der Waals surface area contributed by atoms with Gasteiger partial charge in [0.05, 0.1) is 12.0 Å². The van der Waals surface area contributed by atoms with Crippen molar-refractivity contribution in [3.8, 4) is 6.01 Å². The third kappa shape index (κ3) is 11.0. The molecule has 0 bridgehead atoms. The van der Waals surface area contributed by atoms with Gasteiger partial charge in [0.15, 0.2) is 5.82 Å². The number of benzene rings is 1. The van der Waals surface area contributed by atoms with Gasteiger partial charge in [0.25, 0.3) is 10.0 Å². The number of hydrogen-bond donors (Lipinski definition) is 4. The molecule has 5 N–H and O–H groups in total. The Morgan fingerprint density at radius 1 is 1.09 bits per heavy atom. The molecule has 0 unspecified atom stereocenters. The van der Waals surface area contributed by atoms with E-state index >= 15 is 0 Å². The van der Waals surface area contributed by atoms with Crippen LogP contribution in [0.25, 0.3) is 0 Å². The van der Waals surface area contributed by atoms with Crippen molar-refractivity contribution in [3.63, 3.8) is 0 Å². The molecule has 0 aliphatic rings. The number of carbonyl (C=O) groups is 2. The van der Waals surface area contributed by atoms with Gasteiger partial charge in [-0.2, -0.15) is 32.8 Å². The fraction of sp³-hybridized carbons (Fsp3) is 0.480. The molecule has 0 atom stereocenters. The number of halogens is 3. The number of rotatable bonds is 7. The second kappa shape index (κ2) is 14.4. The number of anilines is 1. The maximum absolute atomic E-state index is 12.5. The van der Waals surface area contributed by atoms with E-state index in [4.69, 9.17) is 10.6 Å². The number of nitrogens with one attached hydrogen (secondary N) is 3. The van der Waals surface area contributed by atoms with Crippen molar-refractivity contribution in [2.24, 2.45) is 0 Å². The van der Waals surface area contributed by atoms with Crippen LogP contribution in [0.15, 0.2) is 34.0 Å². The molecular formula is C25H35F3N10O6S. The summed E-state index contributed by atoms with van der Waals surface area (Å²) in [7, 11) is -3.14. The van der Waals surface area contributed by atoms with Gasteiger partial charge in [-0.05, 0) is 45.7 Å². The SMILES string of the molecule is CC(C)c1nn(C(=O)NC(C)(C)C)c(=O)n1N.COc1nc(C)nc(NC(=O)NS(=O)(=O)c2ccccc2CCC(F)(F)F)n1. The van der Waals surface area contributed by atoms with E-state index in [0.29, 0.717) is 5.82 Å². The fourth-order valence-electron chi connectivity index (χ4n) is 3.45. The van der Waals surface area contributed by atoms with Crippen molar-refractivity contribution in [2.45, 2.75) is 76.9 Å². The Morgan fingerprint density at radius 2 is 1.71 bits per heavy atom. The molecule has 2 aromatic heterocycles. The van der Waals surface area contributed by atoms with E-state index in [9.17, 15) is 36.0 Å². The minimum absolute atomic E-state index is 0.0311. The Labute approximate surface area is 256 Å². The van der Waals surface area contributed by atoms with Gasteiger partial charge in [-0.3, -0.25) is 5.32 Å². The van der Waals surface area contributed by atoms with Crippen molar-refractivity contribution in [1.82, 2.24) is 39.4 Å². The highest BCUT2D eigenvalue weighted by Gasteiger charge is 2.29. The first-order valence-electron chi connectivity index (χ1n) is 13.2. The number of hydrogen-bond acceptors (Lipinski definition) is 11. The van der Waals surface area contributed by atoms with Gasteiger partial charge in [0.1, 0.15) is 5.82 Å². The lowest BCUT2D eigenvalue weighted by molar-refractivity contribution is -0.134. The van der Waals surface area contributed by atoms with Crippen molar-refractivity contribution >= 4 is 28.0 Å². The maximum atomic E-state index is 12.5. The molecule has 3 amide bonds. The predicted molar refractivity (Wildman–Crippen MR) is 156 cm³/mol. The van der Waals surface area contributed by atoms with Crippen molar-refractivity contribution in [1.29, 1.82) is 0 Å². The molecule has 0 saturated heterocycles. The molecular weight excluding hydrogens is 625 g/mol. The highest BCUT2D eigenvalue weighted by atomic mass is 32.2. The number of aromatic nitrogens is 6. The Balaban J connectivity index is 0.000000355. The minimum Gasteiger partial charge on any atom is -0.467 e. The van der Waals surface area contributed by atoms with Crippen molar-refractivity contribution in [3.05, 3.63) is 52.0 Å². The highest BCUT2D eigenvalue weighted by molar-refractivity contribution is 7.90. The average molecular weight is 661 g/mol. The molecule has 0 radical (unpaired) electrons. The molecule has 248 valence electrons. The predicted octanol–water partition coefficient (Wildman–Crippen LogP) is 2.43. The van der Waals surface area contributed by atoms with Gasteiger partial charge >= 0.3 is 29.9 Å². The minimum atomic E-state index is -4.45. The first kappa shape index (κ1) is 36.4. The number of carbonyl (C=O) groups excluding carboxylic acids is 2. The summed E-state index contributed by atoms with van der Waals surface area (Å²) in [5, 5.41) is 8.68. The third-order valence-electron chi connectivity index (χ3n) is 5.33. The molecule has 0 aliphatic carbocycles. The molecule has 16 nitrogen and oxygen atoms in total. The first-order valence-corrected chi connectivity index (χ1v) is 14.7. The van der Waals surface area contributed by atoms with Gasteiger partial charge in [0.2, 0.25) is 5.95 Å². The summed E-state index contributed by atoms with van der Waals surface area (Å²) in [5.41, 5.74) is -1.15. The van der Waals surface area contributed by atoms with E-state index in [1.807, 2.05) is 34.6 Å². The van der Waals surface area contributed by atoms with Crippen LogP contribution in [0.2, 0.25) is 0 Å². The Bertz CT molecular complexity index is 1680. The van der Waals surface area contributed by atoms with E-state index in [0.717, 1.165) is 15.4 Å². The van der Waals surface area contributed by atoms with Crippen LogP contribution in [0.3, 0.4) is 0 Å². The summed E-state index contributed by atoms with van der Waals surface area (Å²) >= 11 is 0. The zero-order valence-electron chi connectivity index (χ0n) is 25.6. The van der Waals surface area contributed by atoms with E-state index in [2.05, 4.69) is 30.7 Å². The number of ether oxygens (including phenoxy) is 1. The van der Waals surface area contributed by atoms with Gasteiger partial charge in [-0.25, -0.2) is 27.5 Å². The molecule has 0 spiro atoms.